The molecule has 0 amide bonds. The standard InChI is InChI=1S/C20H22N6/c1-26-20-16(12-23-26)19(24-18(25-20)13-5-2-3-6-13)22-11-14-7-4-8-17-15(14)9-10-21-17/h4,7-10,12-13,21H,2-3,5-6,11H2,1H3,(H,22,24,25). The van der Waals surface area contributed by atoms with E-state index in [1.54, 1.807) is 0 Å². The molecule has 1 aromatic carbocycles. The van der Waals surface area contributed by atoms with E-state index in [1.807, 2.05) is 24.1 Å². The van der Waals surface area contributed by atoms with Crippen molar-refractivity contribution in [1.82, 2.24) is 24.7 Å². The van der Waals surface area contributed by atoms with Gasteiger partial charge in [0.25, 0.3) is 0 Å². The average Bonchev–Trinajstić information content (AvgIpc) is 3.40. The van der Waals surface area contributed by atoms with Crippen LogP contribution in [0.5, 0.6) is 0 Å². The first-order valence-corrected chi connectivity index (χ1v) is 9.28. The van der Waals surface area contributed by atoms with Crippen LogP contribution in [0.4, 0.5) is 5.82 Å². The van der Waals surface area contributed by atoms with E-state index in [2.05, 4.69) is 39.7 Å². The smallest absolute Gasteiger partial charge is 0.163 e. The molecule has 0 radical (unpaired) electrons. The van der Waals surface area contributed by atoms with E-state index in [0.29, 0.717) is 5.92 Å². The molecule has 0 spiro atoms. The normalized spacial score (nSPS) is 15.3. The third kappa shape index (κ3) is 2.53. The second-order valence-electron chi connectivity index (χ2n) is 7.13. The highest BCUT2D eigenvalue weighted by atomic mass is 15.3. The third-order valence-corrected chi connectivity index (χ3v) is 5.46. The molecule has 0 saturated heterocycles. The predicted molar refractivity (Wildman–Crippen MR) is 103 cm³/mol. The summed E-state index contributed by atoms with van der Waals surface area (Å²) in [7, 11) is 1.94. The molecule has 0 bridgehead atoms. The van der Waals surface area contributed by atoms with Gasteiger partial charge >= 0.3 is 0 Å². The molecule has 0 unspecified atom stereocenters. The molecule has 1 aliphatic rings. The Balaban J connectivity index is 1.52. The van der Waals surface area contributed by atoms with E-state index in [-0.39, 0.29) is 0 Å². The molecule has 2 N–H and O–H groups in total. The van der Waals surface area contributed by atoms with Crippen LogP contribution in [0, 0.1) is 0 Å². The lowest BCUT2D eigenvalue weighted by Crippen LogP contribution is -2.08. The van der Waals surface area contributed by atoms with Gasteiger partial charge in [0.05, 0.1) is 11.6 Å². The number of aromatic nitrogens is 5. The lowest BCUT2D eigenvalue weighted by atomic mass is 10.1. The number of nitrogens with one attached hydrogen (secondary N) is 2. The van der Waals surface area contributed by atoms with Gasteiger partial charge in [-0.1, -0.05) is 25.0 Å². The summed E-state index contributed by atoms with van der Waals surface area (Å²) >= 11 is 0. The molecule has 0 atom stereocenters. The molecule has 3 heterocycles. The van der Waals surface area contributed by atoms with E-state index in [1.165, 1.54) is 36.6 Å². The number of nitrogens with zero attached hydrogens (tertiary/aromatic N) is 4. The second kappa shape index (κ2) is 6.12. The van der Waals surface area contributed by atoms with Crippen LogP contribution < -0.4 is 5.32 Å². The van der Waals surface area contributed by atoms with Crippen molar-refractivity contribution < 1.29 is 0 Å². The largest absolute Gasteiger partial charge is 0.365 e. The van der Waals surface area contributed by atoms with E-state index < -0.39 is 0 Å². The summed E-state index contributed by atoms with van der Waals surface area (Å²) in [5, 5.41) is 10.2. The summed E-state index contributed by atoms with van der Waals surface area (Å²) in [5.41, 5.74) is 3.32. The highest BCUT2D eigenvalue weighted by Crippen LogP contribution is 2.34. The maximum atomic E-state index is 4.90. The van der Waals surface area contributed by atoms with Gasteiger partial charge in [-0.25, -0.2) is 9.97 Å². The van der Waals surface area contributed by atoms with Gasteiger partial charge in [0.15, 0.2) is 5.65 Å². The van der Waals surface area contributed by atoms with Gasteiger partial charge in [0.1, 0.15) is 11.6 Å². The minimum atomic E-state index is 0.475. The Morgan fingerprint density at radius 1 is 1.15 bits per heavy atom. The zero-order chi connectivity index (χ0) is 17.5. The van der Waals surface area contributed by atoms with Crippen molar-refractivity contribution in [1.29, 1.82) is 0 Å². The first-order chi connectivity index (χ1) is 12.8. The topological polar surface area (TPSA) is 71.4 Å². The van der Waals surface area contributed by atoms with Crippen molar-refractivity contribution in [2.75, 3.05) is 5.32 Å². The van der Waals surface area contributed by atoms with Crippen LogP contribution in [-0.4, -0.2) is 24.7 Å². The maximum Gasteiger partial charge on any atom is 0.163 e. The van der Waals surface area contributed by atoms with Gasteiger partial charge in [-0.15, -0.1) is 0 Å². The number of H-pyrrole nitrogens is 1. The van der Waals surface area contributed by atoms with Crippen molar-refractivity contribution in [3.63, 3.8) is 0 Å². The van der Waals surface area contributed by atoms with Crippen molar-refractivity contribution in [3.05, 3.63) is 48.0 Å². The number of fused-ring (bicyclic) bond motifs is 2. The molecule has 6 nitrogen and oxygen atoms in total. The first-order valence-electron chi connectivity index (χ1n) is 9.28. The molecule has 26 heavy (non-hydrogen) atoms. The molecule has 1 saturated carbocycles. The highest BCUT2D eigenvalue weighted by Gasteiger charge is 2.22. The molecule has 5 rings (SSSR count). The minimum Gasteiger partial charge on any atom is -0.365 e. The van der Waals surface area contributed by atoms with Crippen LogP contribution in [0.15, 0.2) is 36.7 Å². The second-order valence-corrected chi connectivity index (χ2v) is 7.13. The third-order valence-electron chi connectivity index (χ3n) is 5.46. The fourth-order valence-corrected chi connectivity index (χ4v) is 4.02. The predicted octanol–water partition coefficient (Wildman–Crippen LogP) is 4.11. The number of rotatable bonds is 4. The van der Waals surface area contributed by atoms with E-state index in [4.69, 9.17) is 9.97 Å². The quantitative estimate of drug-likeness (QED) is 0.583. The van der Waals surface area contributed by atoms with Crippen molar-refractivity contribution in [3.8, 4) is 0 Å². The van der Waals surface area contributed by atoms with Gasteiger partial charge in [-0.3, -0.25) is 4.68 Å². The van der Waals surface area contributed by atoms with Crippen molar-refractivity contribution in [2.45, 2.75) is 38.1 Å². The fourth-order valence-electron chi connectivity index (χ4n) is 4.02. The summed E-state index contributed by atoms with van der Waals surface area (Å²) in [6.07, 6.45) is 8.76. The molecule has 1 fully saturated rings. The Morgan fingerprint density at radius 2 is 2.04 bits per heavy atom. The van der Waals surface area contributed by atoms with Crippen LogP contribution in [0.2, 0.25) is 0 Å². The van der Waals surface area contributed by atoms with Gasteiger partial charge in [-0.05, 0) is 30.5 Å². The number of anilines is 1. The summed E-state index contributed by atoms with van der Waals surface area (Å²) in [4.78, 5) is 13.0. The Hall–Kier alpha value is -2.89. The average molecular weight is 346 g/mol. The van der Waals surface area contributed by atoms with Gasteiger partial charge in [-0.2, -0.15) is 5.10 Å². The molecule has 3 aromatic heterocycles. The molecule has 6 heteroatoms. The molecule has 0 aliphatic heterocycles. The molecule has 132 valence electrons. The van der Waals surface area contributed by atoms with E-state index in [0.717, 1.165) is 34.7 Å². The fraction of sp³-hybridized carbons (Fsp3) is 0.350. The Morgan fingerprint density at radius 3 is 2.92 bits per heavy atom. The van der Waals surface area contributed by atoms with Gasteiger partial charge in [0, 0.05) is 36.6 Å². The summed E-state index contributed by atoms with van der Waals surface area (Å²) in [6, 6.07) is 8.46. The van der Waals surface area contributed by atoms with Crippen molar-refractivity contribution in [2.24, 2.45) is 7.05 Å². The summed E-state index contributed by atoms with van der Waals surface area (Å²) in [6.45, 7) is 0.723. The number of aromatic amines is 1. The van der Waals surface area contributed by atoms with Crippen LogP contribution in [0.1, 0.15) is 43.0 Å². The number of benzene rings is 1. The van der Waals surface area contributed by atoms with Crippen LogP contribution >= 0.6 is 0 Å². The molecule has 1 aliphatic carbocycles. The zero-order valence-corrected chi connectivity index (χ0v) is 14.9. The number of aryl methyl sites for hydroxylation is 1. The van der Waals surface area contributed by atoms with Crippen LogP contribution in [-0.2, 0) is 13.6 Å². The Labute approximate surface area is 151 Å². The number of hydrogen-bond donors (Lipinski definition) is 2. The van der Waals surface area contributed by atoms with Crippen molar-refractivity contribution >= 4 is 27.8 Å². The lowest BCUT2D eigenvalue weighted by molar-refractivity contribution is 0.667. The summed E-state index contributed by atoms with van der Waals surface area (Å²) < 4.78 is 1.84. The lowest BCUT2D eigenvalue weighted by Gasteiger charge is -2.13. The first kappa shape index (κ1) is 15.4. The van der Waals surface area contributed by atoms with Gasteiger partial charge < -0.3 is 10.3 Å². The molecular formula is C20H22N6. The molecular weight excluding hydrogens is 324 g/mol. The summed E-state index contributed by atoms with van der Waals surface area (Å²) in [5.74, 6) is 2.32. The Bertz CT molecular complexity index is 1070. The Kier molecular flexibility index (Phi) is 3.62. The minimum absolute atomic E-state index is 0.475. The number of hydrogen-bond acceptors (Lipinski definition) is 4. The van der Waals surface area contributed by atoms with Crippen LogP contribution in [0.25, 0.3) is 21.9 Å². The molecule has 4 aromatic rings. The monoisotopic (exact) mass is 346 g/mol. The van der Waals surface area contributed by atoms with Crippen LogP contribution in [0.3, 0.4) is 0 Å². The van der Waals surface area contributed by atoms with Gasteiger partial charge in [0.2, 0.25) is 0 Å². The van der Waals surface area contributed by atoms with E-state index in [9.17, 15) is 0 Å². The SMILES string of the molecule is Cn1ncc2c(NCc3cccc4[nH]ccc34)nc(C3CCCC3)nc21. The maximum absolute atomic E-state index is 4.90. The zero-order valence-electron chi connectivity index (χ0n) is 14.9. The highest BCUT2D eigenvalue weighted by molar-refractivity contribution is 5.87. The van der Waals surface area contributed by atoms with E-state index >= 15 is 0 Å².